The second kappa shape index (κ2) is 11.9. The van der Waals surface area contributed by atoms with E-state index in [2.05, 4.69) is 15.1 Å². The number of hydrogen-bond acceptors (Lipinski definition) is 7. The molecule has 230 valence electrons. The summed E-state index contributed by atoms with van der Waals surface area (Å²) in [6.45, 7) is 0.611. The van der Waals surface area contributed by atoms with Crippen molar-refractivity contribution in [1.29, 1.82) is 0 Å². The summed E-state index contributed by atoms with van der Waals surface area (Å²) >= 11 is 0. The Balaban J connectivity index is 1.18. The molecule has 0 atom stereocenters. The van der Waals surface area contributed by atoms with Gasteiger partial charge in [-0.2, -0.15) is 0 Å². The zero-order valence-corrected chi connectivity index (χ0v) is 25.4. The van der Waals surface area contributed by atoms with Gasteiger partial charge in [0.2, 0.25) is 10.0 Å². The number of aromatic nitrogens is 3. The normalized spacial score (nSPS) is 13.4. The van der Waals surface area contributed by atoms with Crippen LogP contribution in [0.5, 0.6) is 5.88 Å². The summed E-state index contributed by atoms with van der Waals surface area (Å²) in [6, 6.07) is 21.4. The third-order valence-electron chi connectivity index (χ3n) is 7.92. The molecule has 1 aliphatic carbocycles. The number of hydrogen-bond donors (Lipinski definition) is 1. The first-order valence-corrected chi connectivity index (χ1v) is 16.6. The second-order valence-electron chi connectivity index (χ2n) is 11.3. The SMILES string of the molecule is CS(=O)(=O)N(CCCc1cc(OCc2ccccc2)no1)c1cc2oc(-c3ccc(F)cc3)c(-c3ncc[nH]3)c2cc1C1CC1. The van der Waals surface area contributed by atoms with Gasteiger partial charge in [0.25, 0.3) is 5.88 Å². The average molecular weight is 627 g/mol. The molecular weight excluding hydrogens is 595 g/mol. The molecule has 11 heteroatoms. The molecule has 1 N–H and O–H groups in total. The fourth-order valence-electron chi connectivity index (χ4n) is 5.60. The van der Waals surface area contributed by atoms with E-state index in [1.807, 2.05) is 42.5 Å². The Morgan fingerprint density at radius 1 is 1.07 bits per heavy atom. The number of aromatic amines is 1. The number of anilines is 1. The number of imidazole rings is 1. The first-order chi connectivity index (χ1) is 21.8. The van der Waals surface area contributed by atoms with E-state index in [0.29, 0.717) is 59.5 Å². The molecule has 1 fully saturated rings. The maximum Gasteiger partial charge on any atom is 0.254 e. The van der Waals surface area contributed by atoms with Gasteiger partial charge < -0.3 is 18.7 Å². The number of benzene rings is 3. The van der Waals surface area contributed by atoms with Gasteiger partial charge in [0, 0.05) is 48.4 Å². The molecule has 1 aliphatic rings. The molecule has 3 aromatic carbocycles. The Morgan fingerprint density at radius 2 is 1.87 bits per heavy atom. The van der Waals surface area contributed by atoms with E-state index in [0.717, 1.165) is 34.9 Å². The van der Waals surface area contributed by atoms with Crippen LogP contribution in [0.25, 0.3) is 33.7 Å². The molecule has 3 heterocycles. The zero-order valence-electron chi connectivity index (χ0n) is 24.6. The number of rotatable bonds is 12. The standard InChI is InChI=1S/C34H31FN4O5S/c1-45(40,41)39(17-5-8-26-18-31(38-44-26)42-21-22-6-3-2-4-7-22)29-20-30-28(19-27(29)23-9-10-23)32(34-36-15-16-37-34)33(43-30)24-11-13-25(35)14-12-24/h2-4,6-7,11-16,18-20,23H,5,8-10,17,21H2,1H3,(H,36,37). The fourth-order valence-corrected chi connectivity index (χ4v) is 6.58. The minimum absolute atomic E-state index is 0.237. The predicted molar refractivity (Wildman–Crippen MR) is 169 cm³/mol. The monoisotopic (exact) mass is 626 g/mol. The molecule has 1 saturated carbocycles. The Morgan fingerprint density at radius 3 is 2.58 bits per heavy atom. The van der Waals surface area contributed by atoms with E-state index in [4.69, 9.17) is 13.7 Å². The topological polar surface area (TPSA) is 114 Å². The quantitative estimate of drug-likeness (QED) is 0.150. The van der Waals surface area contributed by atoms with Crippen LogP contribution < -0.4 is 9.04 Å². The minimum atomic E-state index is -3.65. The molecule has 45 heavy (non-hydrogen) atoms. The minimum Gasteiger partial charge on any atom is -0.471 e. The molecule has 3 aromatic heterocycles. The van der Waals surface area contributed by atoms with E-state index in [1.54, 1.807) is 30.6 Å². The number of nitrogens with zero attached hydrogens (tertiary/aromatic N) is 3. The lowest BCUT2D eigenvalue weighted by Gasteiger charge is -2.25. The highest BCUT2D eigenvalue weighted by molar-refractivity contribution is 7.92. The van der Waals surface area contributed by atoms with Crippen LogP contribution in [0, 0.1) is 5.82 Å². The summed E-state index contributed by atoms with van der Waals surface area (Å²) in [6.07, 6.45) is 7.54. The smallest absolute Gasteiger partial charge is 0.254 e. The molecule has 6 aromatic rings. The zero-order chi connectivity index (χ0) is 31.0. The summed E-state index contributed by atoms with van der Waals surface area (Å²) in [5.41, 5.74) is 4.52. The molecule has 7 rings (SSSR count). The number of aryl methyl sites for hydroxylation is 1. The molecule has 0 amide bonds. The average Bonchev–Trinajstić information content (AvgIpc) is 3.37. The van der Waals surface area contributed by atoms with Crippen molar-refractivity contribution in [2.24, 2.45) is 0 Å². The van der Waals surface area contributed by atoms with Crippen molar-refractivity contribution in [2.45, 2.75) is 38.2 Å². The van der Waals surface area contributed by atoms with E-state index in [-0.39, 0.29) is 18.3 Å². The third-order valence-corrected chi connectivity index (χ3v) is 9.10. The highest BCUT2D eigenvalue weighted by Gasteiger charge is 2.32. The summed E-state index contributed by atoms with van der Waals surface area (Å²) < 4.78 is 59.3. The number of H-pyrrole nitrogens is 1. The maximum atomic E-state index is 13.8. The second-order valence-corrected chi connectivity index (χ2v) is 13.2. The largest absolute Gasteiger partial charge is 0.471 e. The van der Waals surface area contributed by atoms with Gasteiger partial charge in [-0.1, -0.05) is 30.3 Å². The Hall–Kier alpha value is -4.90. The van der Waals surface area contributed by atoms with Crippen LogP contribution in [0.4, 0.5) is 10.1 Å². The summed E-state index contributed by atoms with van der Waals surface area (Å²) in [4.78, 5) is 7.64. The summed E-state index contributed by atoms with van der Waals surface area (Å²) in [5, 5.41) is 4.82. The van der Waals surface area contributed by atoms with Crippen molar-refractivity contribution in [1.82, 2.24) is 15.1 Å². The lowest BCUT2D eigenvalue weighted by Crippen LogP contribution is -2.32. The van der Waals surface area contributed by atoms with Gasteiger partial charge >= 0.3 is 0 Å². The molecule has 9 nitrogen and oxygen atoms in total. The molecular formula is C34H31FN4O5S. The van der Waals surface area contributed by atoms with Crippen LogP contribution in [-0.4, -0.2) is 36.3 Å². The first-order valence-electron chi connectivity index (χ1n) is 14.8. The Kier molecular flexibility index (Phi) is 7.62. The van der Waals surface area contributed by atoms with Crippen molar-refractivity contribution in [2.75, 3.05) is 17.1 Å². The number of fused-ring (bicyclic) bond motifs is 1. The third kappa shape index (κ3) is 6.21. The first kappa shape index (κ1) is 28.8. The van der Waals surface area contributed by atoms with Crippen molar-refractivity contribution >= 4 is 26.7 Å². The van der Waals surface area contributed by atoms with Gasteiger partial charge in [-0.25, -0.2) is 17.8 Å². The molecule has 0 radical (unpaired) electrons. The van der Waals surface area contributed by atoms with E-state index >= 15 is 0 Å². The van der Waals surface area contributed by atoms with Crippen LogP contribution in [0.15, 0.2) is 94.1 Å². The van der Waals surface area contributed by atoms with E-state index in [1.165, 1.54) is 22.7 Å². The van der Waals surface area contributed by atoms with Gasteiger partial charge in [-0.3, -0.25) is 4.31 Å². The Labute approximate surface area is 259 Å². The highest BCUT2D eigenvalue weighted by Crippen LogP contribution is 2.49. The molecule has 0 saturated heterocycles. The molecule has 0 spiro atoms. The van der Waals surface area contributed by atoms with Crippen LogP contribution in [0.2, 0.25) is 0 Å². The van der Waals surface area contributed by atoms with E-state index in [9.17, 15) is 12.8 Å². The lowest BCUT2D eigenvalue weighted by molar-refractivity contribution is 0.266. The van der Waals surface area contributed by atoms with Crippen LogP contribution in [0.3, 0.4) is 0 Å². The highest BCUT2D eigenvalue weighted by atomic mass is 32.2. The van der Waals surface area contributed by atoms with Gasteiger partial charge in [-0.05, 0) is 71.8 Å². The Bertz CT molecular complexity index is 2030. The fraction of sp³-hybridized carbons (Fsp3) is 0.235. The van der Waals surface area contributed by atoms with Crippen molar-refractivity contribution in [3.05, 3.63) is 108 Å². The van der Waals surface area contributed by atoms with Crippen molar-refractivity contribution in [3.63, 3.8) is 0 Å². The van der Waals surface area contributed by atoms with Crippen molar-refractivity contribution in [3.8, 4) is 28.6 Å². The maximum absolute atomic E-state index is 13.8. The van der Waals surface area contributed by atoms with Crippen LogP contribution in [-0.2, 0) is 23.1 Å². The van der Waals surface area contributed by atoms with Gasteiger partial charge in [0.15, 0.2) is 0 Å². The van der Waals surface area contributed by atoms with Crippen molar-refractivity contribution < 1.29 is 26.5 Å². The number of sulfonamides is 1. The molecule has 0 unspecified atom stereocenters. The van der Waals surface area contributed by atoms with Crippen LogP contribution in [0.1, 0.15) is 42.1 Å². The van der Waals surface area contributed by atoms with E-state index < -0.39 is 10.0 Å². The lowest BCUT2D eigenvalue weighted by atomic mass is 10.0. The van der Waals surface area contributed by atoms with Crippen LogP contribution >= 0.6 is 0 Å². The number of ether oxygens (including phenoxy) is 1. The van der Waals surface area contributed by atoms with Gasteiger partial charge in [-0.15, -0.1) is 0 Å². The van der Waals surface area contributed by atoms with Gasteiger partial charge in [0.1, 0.15) is 35.4 Å². The number of halogens is 1. The number of nitrogens with one attached hydrogen (secondary N) is 1. The van der Waals surface area contributed by atoms with Gasteiger partial charge in [0.05, 0.1) is 17.5 Å². The number of furan rings is 1. The summed E-state index contributed by atoms with van der Waals surface area (Å²) in [5.74, 6) is 2.03. The molecule has 0 aliphatic heterocycles. The molecule has 0 bridgehead atoms. The summed E-state index contributed by atoms with van der Waals surface area (Å²) in [7, 11) is -3.65. The predicted octanol–water partition coefficient (Wildman–Crippen LogP) is 7.47.